The van der Waals surface area contributed by atoms with Crippen LogP contribution in [0.4, 0.5) is 0 Å². The van der Waals surface area contributed by atoms with Crippen molar-refractivity contribution in [3.05, 3.63) is 36.2 Å². The summed E-state index contributed by atoms with van der Waals surface area (Å²) in [6, 6.07) is 6.86. The minimum absolute atomic E-state index is 0.478. The Labute approximate surface area is 94.9 Å². The van der Waals surface area contributed by atoms with E-state index < -0.39 is 0 Å². The molecule has 3 heteroatoms. The lowest BCUT2D eigenvalue weighted by molar-refractivity contribution is 0.529. The molecule has 1 aliphatic carbocycles. The van der Waals surface area contributed by atoms with Gasteiger partial charge in [-0.2, -0.15) is 0 Å². The summed E-state index contributed by atoms with van der Waals surface area (Å²) >= 11 is 0. The normalized spacial score (nSPS) is 17.6. The lowest BCUT2D eigenvalue weighted by Gasteiger charge is -2.15. The van der Waals surface area contributed by atoms with Crippen molar-refractivity contribution in [3.8, 4) is 0 Å². The molecular formula is C13H15N3. The first-order valence-corrected chi connectivity index (χ1v) is 5.76. The van der Waals surface area contributed by atoms with Crippen molar-refractivity contribution in [2.45, 2.75) is 18.9 Å². The molecule has 1 saturated carbocycles. The Morgan fingerprint density at radius 1 is 1.19 bits per heavy atom. The summed E-state index contributed by atoms with van der Waals surface area (Å²) in [7, 11) is 2.03. The summed E-state index contributed by atoms with van der Waals surface area (Å²) < 4.78 is 0. The molecule has 1 aromatic heterocycles. The topological polar surface area (TPSA) is 37.8 Å². The number of benzene rings is 1. The maximum absolute atomic E-state index is 4.35. The monoisotopic (exact) mass is 213 g/mol. The third-order valence-electron chi connectivity index (χ3n) is 3.26. The quantitative estimate of drug-likeness (QED) is 0.850. The van der Waals surface area contributed by atoms with E-state index in [-0.39, 0.29) is 0 Å². The highest BCUT2D eigenvalue weighted by molar-refractivity contribution is 5.74. The number of aromatic nitrogens is 2. The van der Waals surface area contributed by atoms with Crippen LogP contribution in [0.2, 0.25) is 0 Å². The van der Waals surface area contributed by atoms with E-state index in [4.69, 9.17) is 0 Å². The molecule has 0 aliphatic heterocycles. The van der Waals surface area contributed by atoms with Crippen molar-refractivity contribution in [1.82, 2.24) is 15.3 Å². The molecule has 0 amide bonds. The van der Waals surface area contributed by atoms with Gasteiger partial charge in [0.15, 0.2) is 0 Å². The minimum atomic E-state index is 0.478. The first-order valence-electron chi connectivity index (χ1n) is 5.76. The first-order chi connectivity index (χ1) is 7.88. The predicted molar refractivity (Wildman–Crippen MR) is 64.1 cm³/mol. The van der Waals surface area contributed by atoms with E-state index in [1.165, 1.54) is 18.4 Å². The SMILES string of the molecule is CNC(c1ccc2nccnc2c1)C1CC1. The molecule has 0 saturated heterocycles. The van der Waals surface area contributed by atoms with Crippen LogP contribution in [0.1, 0.15) is 24.4 Å². The average molecular weight is 213 g/mol. The van der Waals surface area contributed by atoms with Crippen LogP contribution in [0.3, 0.4) is 0 Å². The van der Waals surface area contributed by atoms with Gasteiger partial charge in [-0.25, -0.2) is 0 Å². The molecular weight excluding hydrogens is 198 g/mol. The van der Waals surface area contributed by atoms with Crippen LogP contribution in [-0.2, 0) is 0 Å². The molecule has 1 aliphatic rings. The molecule has 1 atom stereocenters. The molecule has 1 fully saturated rings. The number of hydrogen-bond acceptors (Lipinski definition) is 3. The van der Waals surface area contributed by atoms with E-state index in [1.807, 2.05) is 7.05 Å². The Kier molecular flexibility index (Phi) is 2.33. The van der Waals surface area contributed by atoms with Crippen molar-refractivity contribution in [2.24, 2.45) is 5.92 Å². The van der Waals surface area contributed by atoms with E-state index >= 15 is 0 Å². The summed E-state index contributed by atoms with van der Waals surface area (Å²) in [6.45, 7) is 0. The van der Waals surface area contributed by atoms with E-state index in [9.17, 15) is 0 Å². The molecule has 16 heavy (non-hydrogen) atoms. The Bertz CT molecular complexity index is 505. The van der Waals surface area contributed by atoms with Crippen LogP contribution in [0, 0.1) is 5.92 Å². The summed E-state index contributed by atoms with van der Waals surface area (Å²) in [6.07, 6.45) is 6.16. The van der Waals surface area contributed by atoms with Gasteiger partial charge in [-0.15, -0.1) is 0 Å². The van der Waals surface area contributed by atoms with Crippen molar-refractivity contribution >= 4 is 11.0 Å². The molecule has 1 aromatic carbocycles. The Balaban J connectivity index is 2.03. The number of fused-ring (bicyclic) bond motifs is 1. The van der Waals surface area contributed by atoms with E-state index in [0.717, 1.165) is 17.0 Å². The fourth-order valence-electron chi connectivity index (χ4n) is 2.28. The third-order valence-corrected chi connectivity index (χ3v) is 3.26. The second kappa shape index (κ2) is 3.83. The summed E-state index contributed by atoms with van der Waals surface area (Å²) in [4.78, 5) is 8.63. The zero-order chi connectivity index (χ0) is 11.0. The highest BCUT2D eigenvalue weighted by atomic mass is 14.9. The fraction of sp³-hybridized carbons (Fsp3) is 0.385. The lowest BCUT2D eigenvalue weighted by atomic mass is 10.0. The predicted octanol–water partition coefficient (Wildman–Crippen LogP) is 2.30. The number of hydrogen-bond donors (Lipinski definition) is 1. The number of nitrogens with one attached hydrogen (secondary N) is 1. The van der Waals surface area contributed by atoms with Crippen LogP contribution in [0.5, 0.6) is 0 Å². The molecule has 3 rings (SSSR count). The fourth-order valence-corrected chi connectivity index (χ4v) is 2.28. The molecule has 82 valence electrons. The summed E-state index contributed by atoms with van der Waals surface area (Å²) in [5.74, 6) is 0.805. The van der Waals surface area contributed by atoms with Gasteiger partial charge in [-0.1, -0.05) is 6.07 Å². The van der Waals surface area contributed by atoms with Crippen molar-refractivity contribution < 1.29 is 0 Å². The minimum Gasteiger partial charge on any atom is -0.313 e. The molecule has 1 heterocycles. The van der Waals surface area contributed by atoms with Gasteiger partial charge in [-0.05, 0) is 43.5 Å². The number of nitrogens with zero attached hydrogens (tertiary/aromatic N) is 2. The maximum Gasteiger partial charge on any atom is 0.0890 e. The summed E-state index contributed by atoms with van der Waals surface area (Å²) in [5, 5.41) is 3.40. The van der Waals surface area contributed by atoms with E-state index in [0.29, 0.717) is 6.04 Å². The molecule has 0 radical (unpaired) electrons. The zero-order valence-corrected chi connectivity index (χ0v) is 9.35. The highest BCUT2D eigenvalue weighted by Gasteiger charge is 2.31. The highest BCUT2D eigenvalue weighted by Crippen LogP contribution is 2.41. The first kappa shape index (κ1) is 9.73. The molecule has 2 aromatic rings. The maximum atomic E-state index is 4.35. The van der Waals surface area contributed by atoms with Gasteiger partial charge in [0.1, 0.15) is 0 Å². The Hall–Kier alpha value is -1.48. The van der Waals surface area contributed by atoms with E-state index in [2.05, 4.69) is 33.5 Å². The smallest absolute Gasteiger partial charge is 0.0890 e. The molecule has 0 bridgehead atoms. The van der Waals surface area contributed by atoms with Crippen LogP contribution in [-0.4, -0.2) is 17.0 Å². The van der Waals surface area contributed by atoms with Gasteiger partial charge in [-0.3, -0.25) is 9.97 Å². The van der Waals surface area contributed by atoms with Gasteiger partial charge in [0.2, 0.25) is 0 Å². The Morgan fingerprint density at radius 2 is 1.94 bits per heavy atom. The molecule has 0 spiro atoms. The van der Waals surface area contributed by atoms with Crippen LogP contribution >= 0.6 is 0 Å². The second-order valence-corrected chi connectivity index (χ2v) is 4.41. The van der Waals surface area contributed by atoms with Gasteiger partial charge in [0.25, 0.3) is 0 Å². The largest absolute Gasteiger partial charge is 0.313 e. The average Bonchev–Trinajstić information content (AvgIpc) is 3.14. The van der Waals surface area contributed by atoms with Gasteiger partial charge in [0.05, 0.1) is 11.0 Å². The van der Waals surface area contributed by atoms with Crippen molar-refractivity contribution in [2.75, 3.05) is 7.05 Å². The number of rotatable bonds is 3. The lowest BCUT2D eigenvalue weighted by Crippen LogP contribution is -2.18. The molecule has 3 nitrogen and oxygen atoms in total. The standard InChI is InChI=1S/C13H15N3/c1-14-13(9-2-3-9)10-4-5-11-12(8-10)16-7-6-15-11/h4-9,13-14H,2-3H2,1H3. The van der Waals surface area contributed by atoms with Crippen LogP contribution < -0.4 is 5.32 Å². The summed E-state index contributed by atoms with van der Waals surface area (Å²) in [5.41, 5.74) is 3.29. The Morgan fingerprint density at radius 3 is 2.62 bits per heavy atom. The van der Waals surface area contributed by atoms with Gasteiger partial charge >= 0.3 is 0 Å². The third kappa shape index (κ3) is 1.67. The van der Waals surface area contributed by atoms with Crippen molar-refractivity contribution in [3.63, 3.8) is 0 Å². The zero-order valence-electron chi connectivity index (χ0n) is 9.35. The van der Waals surface area contributed by atoms with Crippen molar-refractivity contribution in [1.29, 1.82) is 0 Å². The van der Waals surface area contributed by atoms with Gasteiger partial charge in [0, 0.05) is 18.4 Å². The van der Waals surface area contributed by atoms with Gasteiger partial charge < -0.3 is 5.32 Å². The molecule has 1 N–H and O–H groups in total. The molecule has 1 unspecified atom stereocenters. The second-order valence-electron chi connectivity index (χ2n) is 4.41. The van der Waals surface area contributed by atoms with Crippen LogP contribution in [0.15, 0.2) is 30.6 Å². The van der Waals surface area contributed by atoms with E-state index in [1.54, 1.807) is 12.4 Å². The van der Waals surface area contributed by atoms with Crippen LogP contribution in [0.25, 0.3) is 11.0 Å².